The first-order valence-corrected chi connectivity index (χ1v) is 9.89. The lowest BCUT2D eigenvalue weighted by Crippen LogP contribution is -2.17. The highest BCUT2D eigenvalue weighted by Crippen LogP contribution is 2.32. The van der Waals surface area contributed by atoms with Crippen molar-refractivity contribution in [2.45, 2.75) is 45.6 Å². The highest BCUT2D eigenvalue weighted by atomic mass is 16.7. The summed E-state index contributed by atoms with van der Waals surface area (Å²) in [5, 5.41) is 3.58. The maximum atomic E-state index is 5.45. The molecule has 1 heterocycles. The van der Waals surface area contributed by atoms with Crippen molar-refractivity contribution in [3.05, 3.63) is 53.6 Å². The molecule has 1 atom stereocenters. The molecule has 0 saturated carbocycles. The van der Waals surface area contributed by atoms with E-state index in [0.717, 1.165) is 42.7 Å². The summed E-state index contributed by atoms with van der Waals surface area (Å²) in [7, 11) is 1.71. The lowest BCUT2D eigenvalue weighted by atomic mass is 9.88. The van der Waals surface area contributed by atoms with Crippen molar-refractivity contribution in [2.75, 3.05) is 20.4 Å². The van der Waals surface area contributed by atoms with Gasteiger partial charge in [-0.2, -0.15) is 0 Å². The van der Waals surface area contributed by atoms with Crippen LogP contribution in [0.3, 0.4) is 0 Å². The Morgan fingerprint density at radius 2 is 1.74 bits per heavy atom. The molecule has 146 valence electrons. The normalized spacial score (nSPS) is 13.8. The van der Waals surface area contributed by atoms with Crippen LogP contribution in [0.1, 0.15) is 50.2 Å². The predicted octanol–water partition coefficient (Wildman–Crippen LogP) is 5.12. The van der Waals surface area contributed by atoms with Crippen molar-refractivity contribution in [1.29, 1.82) is 0 Å². The molecule has 2 aromatic rings. The van der Waals surface area contributed by atoms with E-state index in [1.54, 1.807) is 7.11 Å². The first kappa shape index (κ1) is 19.6. The minimum atomic E-state index is 0.325. The van der Waals surface area contributed by atoms with Crippen molar-refractivity contribution >= 4 is 0 Å². The number of nitrogens with one attached hydrogen (secondary N) is 1. The number of hydrogen-bond donors (Lipinski definition) is 1. The third kappa shape index (κ3) is 5.64. The highest BCUT2D eigenvalue weighted by Gasteiger charge is 2.14. The zero-order valence-corrected chi connectivity index (χ0v) is 16.7. The fourth-order valence-corrected chi connectivity index (χ4v) is 3.45. The van der Waals surface area contributed by atoms with Crippen molar-refractivity contribution < 1.29 is 14.2 Å². The van der Waals surface area contributed by atoms with E-state index < -0.39 is 0 Å². The van der Waals surface area contributed by atoms with E-state index >= 15 is 0 Å². The molecule has 1 N–H and O–H groups in total. The highest BCUT2D eigenvalue weighted by molar-refractivity contribution is 5.44. The summed E-state index contributed by atoms with van der Waals surface area (Å²) in [5.41, 5.74) is 2.63. The van der Waals surface area contributed by atoms with Crippen LogP contribution in [0.15, 0.2) is 42.5 Å². The van der Waals surface area contributed by atoms with Crippen LogP contribution in [0, 0.1) is 5.92 Å². The molecule has 4 heteroatoms. The third-order valence-corrected chi connectivity index (χ3v) is 5.12. The fraction of sp³-hybridized carbons (Fsp3) is 0.478. The number of hydrogen-bond acceptors (Lipinski definition) is 4. The quantitative estimate of drug-likeness (QED) is 0.590. The van der Waals surface area contributed by atoms with Crippen LogP contribution >= 0.6 is 0 Å². The second-order valence-corrected chi connectivity index (χ2v) is 7.59. The average Bonchev–Trinajstić information content (AvgIpc) is 3.15. The zero-order valence-electron chi connectivity index (χ0n) is 16.7. The summed E-state index contributed by atoms with van der Waals surface area (Å²) in [6.07, 6.45) is 3.60. The van der Waals surface area contributed by atoms with Crippen LogP contribution < -0.4 is 19.5 Å². The molecule has 0 aliphatic carbocycles. The Morgan fingerprint density at radius 3 is 2.48 bits per heavy atom. The standard InChI is InChI=1S/C23H31NO3/c1-17(2)4-6-20(19-7-9-21(25-3)10-8-19)12-13-24-15-18-5-11-22-23(14-18)27-16-26-22/h5,7-11,14,17,20,24H,4,6,12-13,15-16H2,1-3H3/t20-/m0/s1. The van der Waals surface area contributed by atoms with Gasteiger partial charge in [-0.3, -0.25) is 0 Å². The molecule has 1 aliphatic heterocycles. The molecule has 0 radical (unpaired) electrons. The number of fused-ring (bicyclic) bond motifs is 1. The van der Waals surface area contributed by atoms with Gasteiger partial charge in [-0.1, -0.05) is 38.5 Å². The largest absolute Gasteiger partial charge is 0.497 e. The number of rotatable bonds is 10. The van der Waals surface area contributed by atoms with E-state index in [1.165, 1.54) is 24.0 Å². The van der Waals surface area contributed by atoms with Crippen LogP contribution in [0.5, 0.6) is 17.2 Å². The van der Waals surface area contributed by atoms with E-state index in [4.69, 9.17) is 14.2 Å². The SMILES string of the molecule is COc1ccc([C@H](CCNCc2ccc3c(c2)OCO3)CCC(C)C)cc1. The Bertz CT molecular complexity index is 712. The Morgan fingerprint density at radius 1 is 0.963 bits per heavy atom. The molecule has 2 aromatic carbocycles. The summed E-state index contributed by atoms with van der Waals surface area (Å²) >= 11 is 0. The van der Waals surface area contributed by atoms with Crippen molar-refractivity contribution in [3.8, 4) is 17.2 Å². The first-order chi connectivity index (χ1) is 13.2. The van der Waals surface area contributed by atoms with Crippen LogP contribution in [-0.4, -0.2) is 20.4 Å². The number of ether oxygens (including phenoxy) is 3. The average molecular weight is 370 g/mol. The Hall–Kier alpha value is -2.20. The van der Waals surface area contributed by atoms with Crippen molar-refractivity contribution in [2.24, 2.45) is 5.92 Å². The monoisotopic (exact) mass is 369 g/mol. The summed E-state index contributed by atoms with van der Waals surface area (Å²) in [6.45, 7) is 6.75. The van der Waals surface area contributed by atoms with Crippen LogP contribution in [0.4, 0.5) is 0 Å². The molecule has 27 heavy (non-hydrogen) atoms. The summed E-state index contributed by atoms with van der Waals surface area (Å²) in [6, 6.07) is 14.7. The lowest BCUT2D eigenvalue weighted by molar-refractivity contribution is 0.174. The molecule has 0 saturated heterocycles. The van der Waals surface area contributed by atoms with Crippen LogP contribution in [-0.2, 0) is 6.54 Å². The molecular weight excluding hydrogens is 338 g/mol. The van der Waals surface area contributed by atoms with Gasteiger partial charge in [0.25, 0.3) is 0 Å². The molecule has 0 aromatic heterocycles. The van der Waals surface area contributed by atoms with Crippen LogP contribution in [0.2, 0.25) is 0 Å². The van der Waals surface area contributed by atoms with Gasteiger partial charge in [0.2, 0.25) is 6.79 Å². The number of methoxy groups -OCH3 is 1. The minimum Gasteiger partial charge on any atom is -0.497 e. The van der Waals surface area contributed by atoms with E-state index in [9.17, 15) is 0 Å². The van der Waals surface area contributed by atoms with E-state index in [2.05, 4.69) is 55.6 Å². The van der Waals surface area contributed by atoms with Gasteiger partial charge in [0, 0.05) is 6.54 Å². The topological polar surface area (TPSA) is 39.7 Å². The Kier molecular flexibility index (Phi) is 6.99. The second-order valence-electron chi connectivity index (χ2n) is 7.59. The van der Waals surface area contributed by atoms with Crippen LogP contribution in [0.25, 0.3) is 0 Å². The van der Waals surface area contributed by atoms with E-state index in [-0.39, 0.29) is 0 Å². The third-order valence-electron chi connectivity index (χ3n) is 5.12. The molecule has 0 spiro atoms. The molecule has 0 amide bonds. The van der Waals surface area contributed by atoms with Gasteiger partial charge >= 0.3 is 0 Å². The van der Waals surface area contributed by atoms with Crippen molar-refractivity contribution in [3.63, 3.8) is 0 Å². The van der Waals surface area contributed by atoms with Gasteiger partial charge in [-0.15, -0.1) is 0 Å². The van der Waals surface area contributed by atoms with Gasteiger partial charge in [0.1, 0.15) is 5.75 Å². The van der Waals surface area contributed by atoms with Gasteiger partial charge in [0.05, 0.1) is 7.11 Å². The maximum Gasteiger partial charge on any atom is 0.231 e. The zero-order chi connectivity index (χ0) is 19.1. The van der Waals surface area contributed by atoms with E-state index in [1.807, 2.05) is 6.07 Å². The Labute approximate surface area is 162 Å². The molecule has 4 nitrogen and oxygen atoms in total. The van der Waals surface area contributed by atoms with Gasteiger partial charge in [0.15, 0.2) is 11.5 Å². The lowest BCUT2D eigenvalue weighted by Gasteiger charge is -2.19. The molecular formula is C23H31NO3. The molecule has 3 rings (SSSR count). The molecule has 1 aliphatic rings. The molecule has 0 bridgehead atoms. The predicted molar refractivity (Wildman–Crippen MR) is 109 cm³/mol. The summed E-state index contributed by atoms with van der Waals surface area (Å²) in [4.78, 5) is 0. The smallest absolute Gasteiger partial charge is 0.231 e. The number of benzene rings is 2. The van der Waals surface area contributed by atoms with Crippen molar-refractivity contribution in [1.82, 2.24) is 5.32 Å². The van der Waals surface area contributed by atoms with Gasteiger partial charge in [-0.25, -0.2) is 0 Å². The minimum absolute atomic E-state index is 0.325. The first-order valence-electron chi connectivity index (χ1n) is 9.89. The van der Waals surface area contributed by atoms with E-state index in [0.29, 0.717) is 12.7 Å². The fourth-order valence-electron chi connectivity index (χ4n) is 3.45. The Balaban J connectivity index is 1.52. The van der Waals surface area contributed by atoms with Gasteiger partial charge in [-0.05, 0) is 66.6 Å². The molecule has 0 fully saturated rings. The summed E-state index contributed by atoms with van der Waals surface area (Å²) in [5.74, 6) is 3.91. The maximum absolute atomic E-state index is 5.45. The summed E-state index contributed by atoms with van der Waals surface area (Å²) < 4.78 is 16.1. The second kappa shape index (κ2) is 9.65. The molecule has 0 unspecified atom stereocenters. The van der Waals surface area contributed by atoms with Gasteiger partial charge < -0.3 is 19.5 Å².